The van der Waals surface area contributed by atoms with E-state index in [0.29, 0.717) is 22.8 Å². The minimum atomic E-state index is -0.627. The van der Waals surface area contributed by atoms with Gasteiger partial charge in [-0.1, -0.05) is 29.3 Å². The Morgan fingerprint density at radius 2 is 2.24 bits per heavy atom. The van der Waals surface area contributed by atoms with Crippen LogP contribution in [0.15, 0.2) is 57.4 Å². The molecule has 1 heterocycles. The summed E-state index contributed by atoms with van der Waals surface area (Å²) in [5.74, 6) is 0.476. The zero-order valence-corrected chi connectivity index (χ0v) is 17.4. The number of aromatic hydroxyl groups is 1. The standard InChI is InChI=1S/C23H23ClN2O3/c1-4-17-14-7-13(2)11-23(17,18-5-6-21(27)26-19(18)9-14)25-12-15-8-16(24)10-20(29-3)22(15)28/h4-8,10,12,14,28H,9,11H2,1-3H3,(H,26,27)/t14-,23+/m0/s1/i8+2,10+2,15+2,16+2,20+2,22+2. The average Bonchev–Trinajstić information content (AvgIpc) is 2.67. The van der Waals surface area contributed by atoms with Crippen molar-refractivity contribution in [2.75, 3.05) is 7.11 Å². The Morgan fingerprint density at radius 3 is 2.97 bits per heavy atom. The molecule has 0 aliphatic heterocycles. The highest BCUT2D eigenvalue weighted by Gasteiger charge is 2.46. The van der Waals surface area contributed by atoms with Gasteiger partial charge in [-0.2, -0.15) is 0 Å². The van der Waals surface area contributed by atoms with Crippen LogP contribution < -0.4 is 10.3 Å². The fourth-order valence-electron chi connectivity index (χ4n) is 4.68. The summed E-state index contributed by atoms with van der Waals surface area (Å²) >= 11 is 6.19. The van der Waals surface area contributed by atoms with Gasteiger partial charge in [-0.15, -0.1) is 0 Å². The zero-order chi connectivity index (χ0) is 20.8. The Hall–Kier alpha value is -2.79. The first-order valence-corrected chi connectivity index (χ1v) is 9.94. The molecular formula is C23H23ClN2O3. The van der Waals surface area contributed by atoms with Crippen molar-refractivity contribution < 1.29 is 9.84 Å². The van der Waals surface area contributed by atoms with Gasteiger partial charge in [0.15, 0.2) is 11.5 Å². The molecule has 150 valence electrons. The smallest absolute Gasteiger partial charge is 0.248 e. The van der Waals surface area contributed by atoms with Crippen LogP contribution >= 0.6 is 11.6 Å². The van der Waals surface area contributed by atoms with Crippen LogP contribution in [0.1, 0.15) is 37.1 Å². The van der Waals surface area contributed by atoms with Crippen molar-refractivity contribution in [3.05, 3.63) is 79.8 Å². The summed E-state index contributed by atoms with van der Waals surface area (Å²) in [6.45, 7) is 4.14. The van der Waals surface area contributed by atoms with Crippen LogP contribution in [0.25, 0.3) is 0 Å². The number of H-pyrrole nitrogens is 1. The van der Waals surface area contributed by atoms with Crippen LogP contribution in [0, 0.1) is 5.92 Å². The van der Waals surface area contributed by atoms with Crippen LogP contribution in [0.4, 0.5) is 0 Å². The van der Waals surface area contributed by atoms with E-state index in [4.69, 9.17) is 21.3 Å². The number of aromatic nitrogens is 1. The number of pyridine rings is 1. The number of aliphatic imine (C=N–C) groups is 1. The minimum Gasteiger partial charge on any atom is -0.504 e. The lowest BCUT2D eigenvalue weighted by molar-refractivity contribution is 0.373. The van der Waals surface area contributed by atoms with Gasteiger partial charge >= 0.3 is 0 Å². The van der Waals surface area contributed by atoms with E-state index in [0.717, 1.165) is 17.7 Å². The Labute approximate surface area is 174 Å². The number of hydrogen-bond acceptors (Lipinski definition) is 4. The average molecular weight is 423 g/mol. The van der Waals surface area contributed by atoms with Crippen molar-refractivity contribution in [2.24, 2.45) is 10.9 Å². The number of allylic oxidation sites excluding steroid dienone is 2. The van der Waals surface area contributed by atoms with Gasteiger partial charge in [-0.3, -0.25) is 9.79 Å². The van der Waals surface area contributed by atoms with Crippen molar-refractivity contribution in [3.63, 3.8) is 0 Å². The van der Waals surface area contributed by atoms with E-state index in [2.05, 4.69) is 24.1 Å². The third kappa shape index (κ3) is 3.19. The summed E-state index contributed by atoms with van der Waals surface area (Å²) in [6.07, 6.45) is 7.49. The molecule has 5 nitrogen and oxygen atoms in total. The van der Waals surface area contributed by atoms with Gasteiger partial charge in [0.25, 0.3) is 0 Å². The third-order valence-electron chi connectivity index (χ3n) is 5.79. The highest BCUT2D eigenvalue weighted by molar-refractivity contribution is 6.31. The molecule has 0 saturated heterocycles. The topological polar surface area (TPSA) is 74.7 Å². The number of ether oxygens (including phenoxy) is 1. The highest BCUT2D eigenvalue weighted by atomic mass is 35.5. The summed E-state index contributed by atoms with van der Waals surface area (Å²) in [6, 6.07) is 6.65. The first-order chi connectivity index (χ1) is 13.9. The number of rotatable bonds is 3. The van der Waals surface area contributed by atoms with Crippen molar-refractivity contribution in [1.29, 1.82) is 0 Å². The predicted molar refractivity (Wildman–Crippen MR) is 115 cm³/mol. The molecule has 2 aromatic rings. The third-order valence-corrected chi connectivity index (χ3v) is 6.01. The van der Waals surface area contributed by atoms with Gasteiger partial charge in [0, 0.05) is 52.5 Å². The summed E-state index contributed by atoms with van der Waals surface area (Å²) in [5, 5.41) is 11.0. The van der Waals surface area contributed by atoms with E-state index >= 15 is 0 Å². The van der Waals surface area contributed by atoms with Gasteiger partial charge in [0.1, 0.15) is 5.54 Å². The molecule has 2 aliphatic rings. The predicted octanol–water partition coefficient (Wildman–Crippen LogP) is 4.53. The van der Waals surface area contributed by atoms with Crippen LogP contribution in [-0.2, 0) is 12.0 Å². The first kappa shape index (κ1) is 19.5. The second kappa shape index (κ2) is 7.23. The summed E-state index contributed by atoms with van der Waals surface area (Å²) in [4.78, 5) is 20.0. The molecular weight excluding hydrogens is 400 g/mol. The van der Waals surface area contributed by atoms with E-state index in [-0.39, 0.29) is 17.2 Å². The molecule has 0 saturated carbocycles. The summed E-state index contributed by atoms with van der Waals surface area (Å²) in [7, 11) is 1.48. The molecule has 6 heteroatoms. The van der Waals surface area contributed by atoms with Gasteiger partial charge in [-0.25, -0.2) is 0 Å². The molecule has 0 spiro atoms. The molecule has 2 aliphatic carbocycles. The van der Waals surface area contributed by atoms with E-state index in [1.165, 1.54) is 18.3 Å². The molecule has 2 N–H and O–H groups in total. The quantitative estimate of drug-likeness (QED) is 0.564. The lowest BCUT2D eigenvalue weighted by Crippen LogP contribution is -2.40. The summed E-state index contributed by atoms with van der Waals surface area (Å²) in [5.41, 5.74) is 4.12. The number of aromatic amines is 1. The van der Waals surface area contributed by atoms with Crippen molar-refractivity contribution >= 4 is 17.8 Å². The molecule has 1 aromatic carbocycles. The normalized spacial score (nSPS) is 24.5. The Morgan fingerprint density at radius 1 is 1.45 bits per heavy atom. The second-order valence-electron chi connectivity index (χ2n) is 7.62. The molecule has 2 bridgehead atoms. The number of benzene rings is 1. The number of nitrogens with zero attached hydrogens (tertiary/aromatic N) is 1. The van der Waals surface area contributed by atoms with E-state index in [9.17, 15) is 9.90 Å². The second-order valence-corrected chi connectivity index (χ2v) is 8.06. The van der Waals surface area contributed by atoms with E-state index in [1.54, 1.807) is 24.4 Å². The van der Waals surface area contributed by atoms with Gasteiger partial charge < -0.3 is 14.8 Å². The van der Waals surface area contributed by atoms with Crippen LogP contribution in [-0.4, -0.2) is 23.4 Å². The summed E-state index contributed by atoms with van der Waals surface area (Å²) < 4.78 is 5.21. The molecule has 29 heavy (non-hydrogen) atoms. The van der Waals surface area contributed by atoms with E-state index in [1.807, 2.05) is 13.0 Å². The Kier molecular flexibility index (Phi) is 4.87. The Balaban J connectivity index is 1.92. The molecule has 0 amide bonds. The molecule has 0 radical (unpaired) electrons. The zero-order valence-electron chi connectivity index (χ0n) is 16.6. The van der Waals surface area contributed by atoms with Crippen molar-refractivity contribution in [3.8, 4) is 11.5 Å². The van der Waals surface area contributed by atoms with Crippen LogP contribution in [0.2, 0.25) is 5.02 Å². The number of hydrogen-bond donors (Lipinski definition) is 2. The van der Waals surface area contributed by atoms with Crippen molar-refractivity contribution in [2.45, 2.75) is 32.2 Å². The number of fused-ring (bicyclic) bond motifs is 4. The molecule has 0 unspecified atom stereocenters. The molecule has 2 atom stereocenters. The molecule has 1 aromatic heterocycles. The lowest BCUT2D eigenvalue weighted by atomic mass is 9.63. The number of phenols is 1. The molecule has 4 rings (SSSR count). The fourth-order valence-corrected chi connectivity index (χ4v) is 4.90. The monoisotopic (exact) mass is 422 g/mol. The number of halogens is 1. The number of nitrogens with one attached hydrogen (secondary N) is 1. The van der Waals surface area contributed by atoms with Crippen LogP contribution in [0.3, 0.4) is 0 Å². The largest absolute Gasteiger partial charge is 0.504 e. The Bertz CT molecular complexity index is 1130. The maximum Gasteiger partial charge on any atom is 0.248 e. The number of phenolic OH excluding ortho intramolecular Hbond substituents is 1. The first-order valence-electron chi connectivity index (χ1n) is 9.56. The van der Waals surface area contributed by atoms with E-state index < -0.39 is 5.54 Å². The SMILES string of the molecule is CC=C1[C@H]2C=C(C)C[C@]1(N=C[14c]1[14cH][14c](Cl)[14cH][14c](OC)[14c]1O)c1ccc(=O)[nH]c1C2. The van der Waals surface area contributed by atoms with Crippen molar-refractivity contribution in [1.82, 2.24) is 4.98 Å². The maximum atomic E-state index is 11.9. The van der Waals surface area contributed by atoms with Crippen LogP contribution in [0.5, 0.6) is 11.5 Å². The van der Waals surface area contributed by atoms with Gasteiger partial charge in [0.2, 0.25) is 5.56 Å². The molecule has 0 fully saturated rings. The maximum absolute atomic E-state index is 11.9. The number of methoxy groups -OCH3 is 1. The van der Waals surface area contributed by atoms with Gasteiger partial charge in [-0.05, 0) is 38.0 Å². The fraction of sp³-hybridized carbons (Fsp3) is 0.304. The highest BCUT2D eigenvalue weighted by Crippen LogP contribution is 2.52. The lowest BCUT2D eigenvalue weighted by Gasteiger charge is -2.45. The van der Waals surface area contributed by atoms with Gasteiger partial charge in [0.05, 0.1) is 7.11 Å². The minimum absolute atomic E-state index is 0.00352.